The molecular weight excluding hydrogens is 270 g/mol. The first-order chi connectivity index (χ1) is 7.58. The molecule has 0 amide bonds. The molecule has 0 saturated heterocycles. The molecule has 2 N–H and O–H groups in total. The van der Waals surface area contributed by atoms with Crippen molar-refractivity contribution in [2.45, 2.75) is 6.92 Å². The van der Waals surface area contributed by atoms with E-state index in [1.54, 1.807) is 30.3 Å². The van der Waals surface area contributed by atoms with Crippen LogP contribution in [0.3, 0.4) is 0 Å². The minimum atomic E-state index is -0.145. The zero-order valence-corrected chi connectivity index (χ0v) is 10.2. The summed E-state index contributed by atoms with van der Waals surface area (Å²) in [7, 11) is 0. The van der Waals surface area contributed by atoms with Crippen molar-refractivity contribution in [3.8, 4) is 0 Å². The van der Waals surface area contributed by atoms with Crippen LogP contribution in [0.4, 0.5) is 5.69 Å². The summed E-state index contributed by atoms with van der Waals surface area (Å²) in [5, 5.41) is 0. The normalized spacial score (nSPS) is 10.4. The second-order valence-corrected chi connectivity index (χ2v) is 4.29. The van der Waals surface area contributed by atoms with Gasteiger partial charge in [-0.2, -0.15) is 0 Å². The number of benzene rings is 1. The summed E-state index contributed by atoms with van der Waals surface area (Å²) >= 11 is 3.16. The third-order valence-corrected chi connectivity index (χ3v) is 2.76. The highest BCUT2D eigenvalue weighted by molar-refractivity contribution is 9.10. The van der Waals surface area contributed by atoms with E-state index in [9.17, 15) is 4.79 Å². The van der Waals surface area contributed by atoms with Crippen molar-refractivity contribution in [2.75, 3.05) is 5.73 Å². The lowest BCUT2D eigenvalue weighted by Gasteiger charge is -2.02. The molecule has 1 aromatic carbocycles. The zero-order chi connectivity index (χ0) is 11.7. The van der Waals surface area contributed by atoms with E-state index in [-0.39, 0.29) is 5.78 Å². The number of hydrogen-bond acceptors (Lipinski definition) is 3. The van der Waals surface area contributed by atoms with Crippen LogP contribution in [0.2, 0.25) is 0 Å². The van der Waals surface area contributed by atoms with Crippen LogP contribution in [0.25, 0.3) is 0 Å². The summed E-state index contributed by atoms with van der Waals surface area (Å²) < 4.78 is 5.75. The number of carbonyl (C=O) groups excluding carboxylic acids is 1. The predicted octanol–water partition coefficient (Wildman–Crippen LogP) is 3.16. The number of ketones is 1. The summed E-state index contributed by atoms with van der Waals surface area (Å²) in [6, 6.07) is 8.51. The quantitative estimate of drug-likeness (QED) is 0.679. The van der Waals surface area contributed by atoms with Crippen molar-refractivity contribution in [1.29, 1.82) is 0 Å². The number of anilines is 1. The van der Waals surface area contributed by atoms with E-state index in [1.165, 1.54) is 0 Å². The maximum absolute atomic E-state index is 12.0. The Kier molecular flexibility index (Phi) is 2.83. The van der Waals surface area contributed by atoms with Crippen molar-refractivity contribution in [3.05, 3.63) is 51.9 Å². The molecule has 0 aliphatic rings. The molecule has 0 atom stereocenters. The molecule has 0 aliphatic heterocycles. The van der Waals surface area contributed by atoms with Crippen LogP contribution in [0, 0.1) is 6.92 Å². The molecule has 0 aliphatic carbocycles. The fraction of sp³-hybridized carbons (Fsp3) is 0.0833. The highest BCUT2D eigenvalue weighted by Crippen LogP contribution is 2.19. The lowest BCUT2D eigenvalue weighted by Crippen LogP contribution is -2.01. The van der Waals surface area contributed by atoms with Gasteiger partial charge in [0.15, 0.2) is 10.4 Å². The minimum Gasteiger partial charge on any atom is -0.446 e. The summed E-state index contributed by atoms with van der Waals surface area (Å²) in [5.41, 5.74) is 7.83. The van der Waals surface area contributed by atoms with E-state index >= 15 is 0 Å². The van der Waals surface area contributed by atoms with Crippen LogP contribution in [0.15, 0.2) is 39.4 Å². The number of nitrogen functional groups attached to an aromatic ring is 1. The lowest BCUT2D eigenvalue weighted by atomic mass is 10.1. The summed E-state index contributed by atoms with van der Waals surface area (Å²) in [6.45, 7) is 1.87. The lowest BCUT2D eigenvalue weighted by molar-refractivity contribution is 0.101. The van der Waals surface area contributed by atoms with Crippen molar-refractivity contribution in [1.82, 2.24) is 0 Å². The minimum absolute atomic E-state index is 0.145. The molecule has 0 spiro atoms. The van der Waals surface area contributed by atoms with Gasteiger partial charge in [-0.15, -0.1) is 0 Å². The van der Waals surface area contributed by atoms with E-state index in [0.29, 0.717) is 21.7 Å². The zero-order valence-electron chi connectivity index (χ0n) is 8.66. The van der Waals surface area contributed by atoms with Gasteiger partial charge in [0.2, 0.25) is 5.78 Å². The molecule has 0 saturated carbocycles. The van der Waals surface area contributed by atoms with Crippen LogP contribution in [-0.4, -0.2) is 5.78 Å². The van der Waals surface area contributed by atoms with Crippen LogP contribution >= 0.6 is 15.9 Å². The molecule has 4 heteroatoms. The summed E-state index contributed by atoms with van der Waals surface area (Å²) in [5.74, 6) is 0.171. The topological polar surface area (TPSA) is 56.2 Å². The molecule has 2 rings (SSSR count). The molecular formula is C12H10BrNO2. The first-order valence-electron chi connectivity index (χ1n) is 4.74. The van der Waals surface area contributed by atoms with Gasteiger partial charge in [0.05, 0.1) is 0 Å². The van der Waals surface area contributed by atoms with E-state index in [2.05, 4.69) is 15.9 Å². The molecule has 16 heavy (non-hydrogen) atoms. The van der Waals surface area contributed by atoms with Crippen LogP contribution in [0.5, 0.6) is 0 Å². The fourth-order valence-corrected chi connectivity index (χ4v) is 1.70. The maximum atomic E-state index is 12.0. The van der Waals surface area contributed by atoms with Crippen LogP contribution in [-0.2, 0) is 0 Å². The third-order valence-electron chi connectivity index (χ3n) is 2.33. The number of nitrogens with two attached hydrogens (primary N) is 1. The number of carbonyl (C=O) groups is 1. The fourth-order valence-electron chi connectivity index (χ4n) is 1.40. The SMILES string of the molecule is Cc1cc(C(=O)c2ccc(Br)o2)ccc1N. The average Bonchev–Trinajstić information content (AvgIpc) is 2.68. The average molecular weight is 280 g/mol. The van der Waals surface area contributed by atoms with Gasteiger partial charge < -0.3 is 10.2 Å². The summed E-state index contributed by atoms with van der Waals surface area (Å²) in [6.07, 6.45) is 0. The Hall–Kier alpha value is -1.55. The number of hydrogen-bond donors (Lipinski definition) is 1. The smallest absolute Gasteiger partial charge is 0.228 e. The highest BCUT2D eigenvalue weighted by atomic mass is 79.9. The van der Waals surface area contributed by atoms with Crippen LogP contribution in [0.1, 0.15) is 21.7 Å². The molecule has 82 valence electrons. The number of furan rings is 1. The van der Waals surface area contributed by atoms with Gasteiger partial charge >= 0.3 is 0 Å². The number of aryl methyl sites for hydroxylation is 1. The Balaban J connectivity index is 2.38. The summed E-state index contributed by atoms with van der Waals surface area (Å²) in [4.78, 5) is 12.0. The second-order valence-electron chi connectivity index (χ2n) is 3.50. The van der Waals surface area contributed by atoms with Gasteiger partial charge in [-0.1, -0.05) is 0 Å². The van der Waals surface area contributed by atoms with E-state index in [1.807, 2.05) is 6.92 Å². The second kappa shape index (κ2) is 4.14. The van der Waals surface area contributed by atoms with E-state index in [0.717, 1.165) is 5.56 Å². The predicted molar refractivity (Wildman–Crippen MR) is 65.4 cm³/mol. The Morgan fingerprint density at radius 3 is 2.62 bits per heavy atom. The number of rotatable bonds is 2. The molecule has 0 unspecified atom stereocenters. The first kappa shape index (κ1) is 11.0. The van der Waals surface area contributed by atoms with E-state index in [4.69, 9.17) is 10.2 Å². The molecule has 3 nitrogen and oxygen atoms in total. The molecule has 1 aromatic heterocycles. The monoisotopic (exact) mass is 279 g/mol. The van der Waals surface area contributed by atoms with Crippen molar-refractivity contribution in [2.24, 2.45) is 0 Å². The first-order valence-corrected chi connectivity index (χ1v) is 5.53. The largest absolute Gasteiger partial charge is 0.446 e. The van der Waals surface area contributed by atoms with Gasteiger partial charge in [0.25, 0.3) is 0 Å². The maximum Gasteiger partial charge on any atom is 0.228 e. The van der Waals surface area contributed by atoms with Gasteiger partial charge in [-0.3, -0.25) is 4.79 Å². The Morgan fingerprint density at radius 2 is 2.06 bits per heavy atom. The number of halogens is 1. The van der Waals surface area contributed by atoms with Crippen LogP contribution < -0.4 is 5.73 Å². The van der Waals surface area contributed by atoms with Crippen molar-refractivity contribution < 1.29 is 9.21 Å². The molecule has 1 heterocycles. The Labute approximate surface area is 101 Å². The van der Waals surface area contributed by atoms with Crippen molar-refractivity contribution >= 4 is 27.4 Å². The van der Waals surface area contributed by atoms with E-state index < -0.39 is 0 Å². The van der Waals surface area contributed by atoms with Gasteiger partial charge in [0.1, 0.15) is 0 Å². The molecule has 0 bridgehead atoms. The van der Waals surface area contributed by atoms with Gasteiger partial charge in [0, 0.05) is 11.3 Å². The highest BCUT2D eigenvalue weighted by Gasteiger charge is 2.13. The van der Waals surface area contributed by atoms with Crippen molar-refractivity contribution in [3.63, 3.8) is 0 Å². The van der Waals surface area contributed by atoms with Gasteiger partial charge in [-0.25, -0.2) is 0 Å². The molecule has 0 fully saturated rings. The standard InChI is InChI=1S/C12H10BrNO2/c1-7-6-8(2-3-9(7)14)12(15)10-4-5-11(13)16-10/h2-6H,14H2,1H3. The molecule has 0 radical (unpaired) electrons. The molecule has 2 aromatic rings. The Morgan fingerprint density at radius 1 is 1.31 bits per heavy atom. The third kappa shape index (κ3) is 2.02. The Bertz CT molecular complexity index is 546. The van der Waals surface area contributed by atoms with Gasteiger partial charge in [-0.05, 0) is 58.7 Å².